The average Bonchev–Trinajstić information content (AvgIpc) is 3.11. The first-order chi connectivity index (χ1) is 13.0. The van der Waals surface area contributed by atoms with Crippen LogP contribution in [-0.4, -0.2) is 52.5 Å². The lowest BCUT2D eigenvalue weighted by atomic mass is 10.0. The predicted octanol–water partition coefficient (Wildman–Crippen LogP) is 2.80. The highest BCUT2D eigenvalue weighted by atomic mass is 32.2. The van der Waals surface area contributed by atoms with E-state index < -0.39 is 0 Å². The largest absolute Gasteiger partial charge is 0.352 e. The van der Waals surface area contributed by atoms with Gasteiger partial charge in [0.2, 0.25) is 5.91 Å². The van der Waals surface area contributed by atoms with Gasteiger partial charge < -0.3 is 10.2 Å². The third-order valence-electron chi connectivity index (χ3n) is 5.75. The van der Waals surface area contributed by atoms with E-state index in [1.54, 1.807) is 0 Å². The molecular weight excluding hydrogens is 358 g/mol. The summed E-state index contributed by atoms with van der Waals surface area (Å²) >= 11 is 1.84. The number of likely N-dealkylation sites (tertiary alicyclic amines) is 1. The third-order valence-corrected chi connectivity index (χ3v) is 7.33. The van der Waals surface area contributed by atoms with Crippen molar-refractivity contribution in [3.8, 4) is 0 Å². The van der Waals surface area contributed by atoms with Crippen LogP contribution in [0.3, 0.4) is 0 Å². The molecule has 1 aromatic carbocycles. The second kappa shape index (κ2) is 8.65. The number of hydrogen-bond donors (Lipinski definition) is 2. The first kappa shape index (κ1) is 20.2. The minimum absolute atomic E-state index is 0.0691. The van der Waals surface area contributed by atoms with Crippen molar-refractivity contribution in [3.05, 3.63) is 35.4 Å². The smallest absolute Gasteiger partial charge is 0.253 e. The molecule has 2 aliphatic heterocycles. The van der Waals surface area contributed by atoms with E-state index in [-0.39, 0.29) is 28.8 Å². The number of carbonyl (C=O) groups is 2. The van der Waals surface area contributed by atoms with E-state index >= 15 is 0 Å². The molecule has 2 N–H and O–H groups in total. The van der Waals surface area contributed by atoms with Gasteiger partial charge in [-0.3, -0.25) is 14.9 Å². The number of piperidine rings is 1. The number of hydrogen-bond acceptors (Lipinski definition) is 4. The van der Waals surface area contributed by atoms with E-state index in [1.807, 2.05) is 47.9 Å². The van der Waals surface area contributed by atoms with Gasteiger partial charge >= 0.3 is 0 Å². The van der Waals surface area contributed by atoms with Crippen LogP contribution >= 0.6 is 11.8 Å². The molecule has 148 valence electrons. The lowest BCUT2D eigenvalue weighted by Gasteiger charge is -2.39. The highest BCUT2D eigenvalue weighted by molar-refractivity contribution is 8.01. The molecule has 0 aromatic heterocycles. The molecule has 0 unspecified atom stereocenters. The lowest BCUT2D eigenvalue weighted by Crippen LogP contribution is -2.55. The van der Waals surface area contributed by atoms with E-state index in [9.17, 15) is 9.59 Å². The van der Waals surface area contributed by atoms with Gasteiger partial charge in [0, 0.05) is 30.4 Å². The fraction of sp³-hybridized carbons (Fsp3) is 0.619. The molecule has 0 bridgehead atoms. The molecule has 0 saturated carbocycles. The predicted molar refractivity (Wildman–Crippen MR) is 111 cm³/mol. The molecule has 2 fully saturated rings. The maximum atomic E-state index is 12.8. The first-order valence-corrected chi connectivity index (χ1v) is 11.0. The lowest BCUT2D eigenvalue weighted by molar-refractivity contribution is -0.123. The molecule has 2 heterocycles. The van der Waals surface area contributed by atoms with E-state index in [0.717, 1.165) is 50.1 Å². The average molecular weight is 390 g/mol. The number of nitrogens with one attached hydrogen (secondary N) is 2. The van der Waals surface area contributed by atoms with Crippen LogP contribution in [0.4, 0.5) is 0 Å². The van der Waals surface area contributed by atoms with Crippen molar-refractivity contribution < 1.29 is 9.59 Å². The fourth-order valence-electron chi connectivity index (χ4n) is 3.66. The molecule has 27 heavy (non-hydrogen) atoms. The zero-order chi connectivity index (χ0) is 19.4. The fourth-order valence-corrected chi connectivity index (χ4v) is 5.07. The Hall–Kier alpha value is -1.53. The molecule has 1 spiro atoms. The van der Waals surface area contributed by atoms with Crippen molar-refractivity contribution in [1.29, 1.82) is 0 Å². The van der Waals surface area contributed by atoms with Gasteiger partial charge in [0.25, 0.3) is 5.91 Å². The molecule has 2 saturated heterocycles. The molecule has 0 aliphatic carbocycles. The molecule has 0 radical (unpaired) electrons. The zero-order valence-electron chi connectivity index (χ0n) is 16.6. The standard InChI is InChI=1S/C21H31N3O2S/c1-4-15(3)22-19(25)18-14-27-21(23-18)10-12-24(13-11-21)20(26)17-8-6-16(5-2)7-9-17/h6-9,15,18,23H,4-5,10-14H2,1-3H3,(H,22,25)/t15-,18+/m1/s1. The number of benzene rings is 1. The normalized spacial score (nSPS) is 22.6. The number of carbonyl (C=O) groups excluding carboxylic acids is 2. The number of thioether (sulfide) groups is 1. The maximum Gasteiger partial charge on any atom is 0.253 e. The maximum absolute atomic E-state index is 12.8. The zero-order valence-corrected chi connectivity index (χ0v) is 17.4. The summed E-state index contributed by atoms with van der Waals surface area (Å²) in [7, 11) is 0. The van der Waals surface area contributed by atoms with E-state index in [4.69, 9.17) is 0 Å². The summed E-state index contributed by atoms with van der Waals surface area (Å²) in [6, 6.07) is 8.01. The Bertz CT molecular complexity index is 669. The van der Waals surface area contributed by atoms with Gasteiger partial charge in [-0.2, -0.15) is 0 Å². The Morgan fingerprint density at radius 1 is 1.26 bits per heavy atom. The van der Waals surface area contributed by atoms with E-state index in [0.29, 0.717) is 0 Å². The summed E-state index contributed by atoms with van der Waals surface area (Å²) in [6.07, 6.45) is 3.68. The topological polar surface area (TPSA) is 61.4 Å². The van der Waals surface area contributed by atoms with Gasteiger partial charge in [-0.05, 0) is 50.3 Å². The van der Waals surface area contributed by atoms with Crippen molar-refractivity contribution in [1.82, 2.24) is 15.5 Å². The van der Waals surface area contributed by atoms with Crippen LogP contribution in [0, 0.1) is 0 Å². The Morgan fingerprint density at radius 3 is 2.52 bits per heavy atom. The van der Waals surface area contributed by atoms with Crippen LogP contribution in [0.5, 0.6) is 0 Å². The molecule has 6 heteroatoms. The monoisotopic (exact) mass is 389 g/mol. The SMILES string of the molecule is CCc1ccc(C(=O)N2CCC3(CC2)N[C@H](C(=O)N[C@H](C)CC)CS3)cc1. The van der Waals surface area contributed by atoms with Crippen LogP contribution in [-0.2, 0) is 11.2 Å². The quantitative estimate of drug-likeness (QED) is 0.813. The molecule has 5 nitrogen and oxygen atoms in total. The second-order valence-corrected chi connectivity index (χ2v) is 9.07. The van der Waals surface area contributed by atoms with Gasteiger partial charge in [-0.1, -0.05) is 26.0 Å². The number of rotatable bonds is 5. The van der Waals surface area contributed by atoms with Crippen molar-refractivity contribution in [3.63, 3.8) is 0 Å². The van der Waals surface area contributed by atoms with Crippen LogP contribution in [0.15, 0.2) is 24.3 Å². The molecule has 3 rings (SSSR count). The number of aryl methyl sites for hydroxylation is 1. The van der Waals surface area contributed by atoms with E-state index in [1.165, 1.54) is 5.56 Å². The second-order valence-electron chi connectivity index (χ2n) is 7.66. The van der Waals surface area contributed by atoms with Crippen LogP contribution in [0.1, 0.15) is 56.0 Å². The summed E-state index contributed by atoms with van der Waals surface area (Å²) in [5.41, 5.74) is 2.01. The van der Waals surface area contributed by atoms with Crippen LogP contribution in [0.25, 0.3) is 0 Å². The molecule has 2 aliphatic rings. The van der Waals surface area contributed by atoms with Gasteiger partial charge in [-0.25, -0.2) is 0 Å². The van der Waals surface area contributed by atoms with Gasteiger partial charge in [0.05, 0.1) is 10.9 Å². The van der Waals surface area contributed by atoms with Crippen molar-refractivity contribution in [2.24, 2.45) is 0 Å². The summed E-state index contributed by atoms with van der Waals surface area (Å²) in [5, 5.41) is 6.63. The van der Waals surface area contributed by atoms with Crippen molar-refractivity contribution >= 4 is 23.6 Å². The first-order valence-electron chi connectivity index (χ1n) is 10.1. The summed E-state index contributed by atoms with van der Waals surface area (Å²) in [5.74, 6) is 1.01. The minimum atomic E-state index is -0.132. The van der Waals surface area contributed by atoms with Crippen LogP contribution < -0.4 is 10.6 Å². The van der Waals surface area contributed by atoms with E-state index in [2.05, 4.69) is 24.5 Å². The Labute approximate surface area is 166 Å². The van der Waals surface area contributed by atoms with Crippen molar-refractivity contribution in [2.45, 2.75) is 63.4 Å². The highest BCUT2D eigenvalue weighted by Crippen LogP contribution is 2.39. The Morgan fingerprint density at radius 2 is 1.93 bits per heavy atom. The summed E-state index contributed by atoms with van der Waals surface area (Å²) in [6.45, 7) is 7.68. The van der Waals surface area contributed by atoms with Gasteiger partial charge in [0.1, 0.15) is 0 Å². The molecule has 2 atom stereocenters. The molecule has 1 aromatic rings. The van der Waals surface area contributed by atoms with Gasteiger partial charge in [-0.15, -0.1) is 11.8 Å². The Balaban J connectivity index is 1.54. The number of amides is 2. The third kappa shape index (κ3) is 4.66. The van der Waals surface area contributed by atoms with Gasteiger partial charge in [0.15, 0.2) is 0 Å². The summed E-state index contributed by atoms with van der Waals surface area (Å²) in [4.78, 5) is 27.0. The van der Waals surface area contributed by atoms with Crippen LogP contribution in [0.2, 0.25) is 0 Å². The summed E-state index contributed by atoms with van der Waals surface area (Å²) < 4.78 is 0. The highest BCUT2D eigenvalue weighted by Gasteiger charge is 2.44. The number of nitrogens with zero attached hydrogens (tertiary/aromatic N) is 1. The van der Waals surface area contributed by atoms with Crippen molar-refractivity contribution in [2.75, 3.05) is 18.8 Å². The molecular formula is C21H31N3O2S. The minimum Gasteiger partial charge on any atom is -0.352 e. The Kier molecular flexibility index (Phi) is 6.48. The molecule has 2 amide bonds.